The van der Waals surface area contributed by atoms with Crippen LogP contribution in [0.5, 0.6) is 17.2 Å². The van der Waals surface area contributed by atoms with Crippen LogP contribution in [-0.2, 0) is 5.41 Å². The van der Waals surface area contributed by atoms with E-state index in [4.69, 9.17) is 9.47 Å². The number of rotatable bonds is 6. The first-order chi connectivity index (χ1) is 14.9. The summed E-state index contributed by atoms with van der Waals surface area (Å²) in [5, 5.41) is 13.7. The van der Waals surface area contributed by atoms with Crippen LogP contribution in [-0.4, -0.2) is 70.0 Å². The Hall–Kier alpha value is -3.09. The lowest BCUT2D eigenvalue weighted by Crippen LogP contribution is -2.54. The number of aromatic hydroxyl groups is 1. The molecule has 7 nitrogen and oxygen atoms in total. The highest BCUT2D eigenvalue weighted by atomic mass is 16.5. The van der Waals surface area contributed by atoms with Crippen molar-refractivity contribution < 1.29 is 14.6 Å². The monoisotopic (exact) mass is 426 g/mol. The molecule has 168 valence electrons. The molecule has 0 spiro atoms. The van der Waals surface area contributed by atoms with Gasteiger partial charge in [0.25, 0.3) is 0 Å². The average molecular weight is 427 g/mol. The third kappa shape index (κ3) is 5.16. The molecule has 0 radical (unpaired) electrons. The molecule has 2 aromatic carbocycles. The van der Waals surface area contributed by atoms with E-state index in [1.54, 1.807) is 20.3 Å². The number of nitrogens with zero attached hydrogens (tertiary/aromatic N) is 3. The number of anilines is 1. The molecule has 31 heavy (non-hydrogen) atoms. The number of piperazine rings is 1. The fourth-order valence-electron chi connectivity index (χ4n) is 3.88. The minimum Gasteiger partial charge on any atom is -0.506 e. The molecule has 1 saturated heterocycles. The number of hydrogen-bond donors (Lipinski definition) is 2. The first-order valence-corrected chi connectivity index (χ1v) is 10.6. The molecule has 7 heteroatoms. The molecular formula is C24H34N4O3. The Morgan fingerprint density at radius 3 is 2.32 bits per heavy atom. The van der Waals surface area contributed by atoms with E-state index in [-0.39, 0.29) is 5.41 Å². The lowest BCUT2D eigenvalue weighted by atomic mass is 9.84. The average Bonchev–Trinajstić information content (AvgIpc) is 2.79. The molecule has 0 amide bonds. The van der Waals surface area contributed by atoms with Crippen LogP contribution in [0.4, 0.5) is 5.69 Å². The van der Waals surface area contributed by atoms with Crippen molar-refractivity contribution in [1.29, 1.82) is 0 Å². The predicted molar refractivity (Wildman–Crippen MR) is 126 cm³/mol. The highest BCUT2D eigenvalue weighted by Crippen LogP contribution is 2.33. The zero-order chi connectivity index (χ0) is 22.4. The Balaban J connectivity index is 1.61. The summed E-state index contributed by atoms with van der Waals surface area (Å²) in [6, 6.07) is 13.6. The minimum absolute atomic E-state index is 0.132. The van der Waals surface area contributed by atoms with E-state index < -0.39 is 0 Å². The van der Waals surface area contributed by atoms with Crippen molar-refractivity contribution in [3.63, 3.8) is 0 Å². The first-order valence-electron chi connectivity index (χ1n) is 10.6. The fourth-order valence-corrected chi connectivity index (χ4v) is 3.88. The molecule has 1 heterocycles. The van der Waals surface area contributed by atoms with Crippen LogP contribution in [0.25, 0.3) is 0 Å². The van der Waals surface area contributed by atoms with Gasteiger partial charge in [-0.05, 0) is 29.8 Å². The maximum atomic E-state index is 10.1. The van der Waals surface area contributed by atoms with Gasteiger partial charge in [0.05, 0.1) is 19.9 Å². The Bertz CT molecular complexity index is 905. The molecule has 1 fully saturated rings. The topological polar surface area (TPSA) is 69.6 Å². The third-order valence-corrected chi connectivity index (χ3v) is 5.87. The summed E-state index contributed by atoms with van der Waals surface area (Å²) in [6.07, 6.45) is 0. The Morgan fingerprint density at radius 2 is 1.71 bits per heavy atom. The zero-order valence-electron chi connectivity index (χ0n) is 19.2. The number of guanidine groups is 1. The summed E-state index contributed by atoms with van der Waals surface area (Å²) >= 11 is 0. The lowest BCUT2D eigenvalue weighted by molar-refractivity contribution is 0.352. The van der Waals surface area contributed by atoms with Gasteiger partial charge < -0.3 is 29.7 Å². The highest BCUT2D eigenvalue weighted by Gasteiger charge is 2.25. The quantitative estimate of drug-likeness (QED) is 0.547. The van der Waals surface area contributed by atoms with Gasteiger partial charge in [-0.15, -0.1) is 0 Å². The summed E-state index contributed by atoms with van der Waals surface area (Å²) in [4.78, 5) is 8.98. The largest absolute Gasteiger partial charge is 0.506 e. The summed E-state index contributed by atoms with van der Waals surface area (Å²) in [5.41, 5.74) is 1.92. The number of aliphatic imine (C=N–C) groups is 1. The van der Waals surface area contributed by atoms with Gasteiger partial charge in [0.1, 0.15) is 5.75 Å². The molecule has 0 atom stereocenters. The van der Waals surface area contributed by atoms with Crippen molar-refractivity contribution in [3.8, 4) is 17.2 Å². The summed E-state index contributed by atoms with van der Waals surface area (Å²) in [7, 11) is 5.12. The second-order valence-electron chi connectivity index (χ2n) is 8.32. The summed E-state index contributed by atoms with van der Waals surface area (Å²) in [5.74, 6) is 2.69. The van der Waals surface area contributed by atoms with Crippen molar-refractivity contribution in [2.24, 2.45) is 4.99 Å². The van der Waals surface area contributed by atoms with Crippen molar-refractivity contribution in [2.45, 2.75) is 19.3 Å². The van der Waals surface area contributed by atoms with Gasteiger partial charge >= 0.3 is 0 Å². The molecule has 0 aliphatic carbocycles. The second kappa shape index (κ2) is 9.81. The molecule has 2 aromatic rings. The Labute approximate surface area is 185 Å². The smallest absolute Gasteiger partial charge is 0.193 e. The molecule has 1 aliphatic heterocycles. The summed E-state index contributed by atoms with van der Waals surface area (Å²) < 4.78 is 10.8. The van der Waals surface area contributed by atoms with Gasteiger partial charge in [0, 0.05) is 45.2 Å². The van der Waals surface area contributed by atoms with E-state index in [0.717, 1.165) is 61.4 Å². The SMILES string of the molecule is CN=C(NCC(C)(C)c1ccc(OC)c(OC)c1)N1CCN(c2ccccc2O)CC1. The van der Waals surface area contributed by atoms with Crippen LogP contribution in [0.3, 0.4) is 0 Å². The van der Waals surface area contributed by atoms with E-state index in [2.05, 4.69) is 40.0 Å². The number of methoxy groups -OCH3 is 2. The summed E-state index contributed by atoms with van der Waals surface area (Å²) in [6.45, 7) is 8.47. The number of para-hydroxylation sites is 2. The van der Waals surface area contributed by atoms with E-state index in [1.165, 1.54) is 0 Å². The molecule has 1 aliphatic rings. The number of phenols is 1. The van der Waals surface area contributed by atoms with Crippen LogP contribution in [0.15, 0.2) is 47.5 Å². The van der Waals surface area contributed by atoms with Gasteiger partial charge in [-0.25, -0.2) is 0 Å². The minimum atomic E-state index is -0.132. The van der Waals surface area contributed by atoms with Crippen LogP contribution < -0.4 is 19.7 Å². The van der Waals surface area contributed by atoms with Gasteiger partial charge in [-0.2, -0.15) is 0 Å². The Kier molecular flexibility index (Phi) is 7.15. The number of nitrogens with one attached hydrogen (secondary N) is 1. The molecule has 0 aromatic heterocycles. The normalized spacial score (nSPS) is 15.1. The predicted octanol–water partition coefficient (Wildman–Crippen LogP) is 3.08. The van der Waals surface area contributed by atoms with Crippen molar-refractivity contribution in [2.75, 3.05) is 58.9 Å². The number of ether oxygens (including phenoxy) is 2. The second-order valence-corrected chi connectivity index (χ2v) is 8.32. The van der Waals surface area contributed by atoms with E-state index in [9.17, 15) is 5.11 Å². The Morgan fingerprint density at radius 1 is 1.03 bits per heavy atom. The van der Waals surface area contributed by atoms with Crippen LogP contribution >= 0.6 is 0 Å². The van der Waals surface area contributed by atoms with Crippen molar-refractivity contribution in [1.82, 2.24) is 10.2 Å². The molecule has 0 saturated carbocycles. The molecule has 3 rings (SSSR count). The third-order valence-electron chi connectivity index (χ3n) is 5.87. The molecule has 0 bridgehead atoms. The molecule has 0 unspecified atom stereocenters. The van der Waals surface area contributed by atoms with Crippen LogP contribution in [0.2, 0.25) is 0 Å². The zero-order valence-corrected chi connectivity index (χ0v) is 19.2. The van der Waals surface area contributed by atoms with Crippen molar-refractivity contribution in [3.05, 3.63) is 48.0 Å². The fraction of sp³-hybridized carbons (Fsp3) is 0.458. The number of hydrogen-bond acceptors (Lipinski definition) is 5. The van der Waals surface area contributed by atoms with E-state index in [0.29, 0.717) is 5.75 Å². The van der Waals surface area contributed by atoms with Crippen molar-refractivity contribution >= 4 is 11.6 Å². The van der Waals surface area contributed by atoms with Crippen LogP contribution in [0, 0.1) is 0 Å². The standard InChI is InChI=1S/C24H34N4O3/c1-24(2,18-10-11-21(30-4)22(16-18)31-5)17-26-23(25-3)28-14-12-27(13-15-28)19-8-6-7-9-20(19)29/h6-11,16,29H,12-15,17H2,1-5H3,(H,25,26). The maximum Gasteiger partial charge on any atom is 0.193 e. The van der Waals surface area contributed by atoms with Gasteiger partial charge in [0.2, 0.25) is 0 Å². The first kappa shape index (κ1) is 22.6. The number of benzene rings is 2. The molecular weight excluding hydrogens is 392 g/mol. The number of phenolic OH excluding ortho intramolecular Hbond substituents is 1. The highest BCUT2D eigenvalue weighted by molar-refractivity contribution is 5.80. The van der Waals surface area contributed by atoms with Gasteiger partial charge in [0.15, 0.2) is 17.5 Å². The van der Waals surface area contributed by atoms with E-state index >= 15 is 0 Å². The van der Waals surface area contributed by atoms with Crippen LogP contribution in [0.1, 0.15) is 19.4 Å². The van der Waals surface area contributed by atoms with Gasteiger partial charge in [-0.1, -0.05) is 32.0 Å². The maximum absolute atomic E-state index is 10.1. The molecule has 2 N–H and O–H groups in total. The van der Waals surface area contributed by atoms with Gasteiger partial charge in [-0.3, -0.25) is 4.99 Å². The lowest BCUT2D eigenvalue weighted by Gasteiger charge is -2.38. The van der Waals surface area contributed by atoms with E-state index in [1.807, 2.05) is 37.4 Å².